The van der Waals surface area contributed by atoms with E-state index in [0.29, 0.717) is 5.56 Å². The number of carboxylic acids is 1. The summed E-state index contributed by atoms with van der Waals surface area (Å²) in [5, 5.41) is 8.35. The van der Waals surface area contributed by atoms with Gasteiger partial charge in [0.2, 0.25) is 0 Å². The molecule has 15 heavy (non-hydrogen) atoms. The molecule has 6 heteroatoms. The molecule has 0 bridgehead atoms. The van der Waals surface area contributed by atoms with Crippen LogP contribution in [0.2, 0.25) is 0 Å². The standard InChI is InChI=1S/C9H9AsO5/c11-9(12)6-3-7-1-4-8(5-2-7)10(13,14)15/h1-6H,(H,11,12)(H2,13,14,15). The van der Waals surface area contributed by atoms with E-state index >= 15 is 0 Å². The average Bonchev–Trinajstić information content (AvgIpc) is 2.14. The second-order valence-corrected chi connectivity index (χ2v) is 6.17. The third kappa shape index (κ3) is 3.75. The van der Waals surface area contributed by atoms with Gasteiger partial charge in [0.15, 0.2) is 0 Å². The van der Waals surface area contributed by atoms with Crippen molar-refractivity contribution in [3.63, 3.8) is 0 Å². The minimum absolute atomic E-state index is 0.0272. The Labute approximate surface area is 88.7 Å². The van der Waals surface area contributed by atoms with Gasteiger partial charge < -0.3 is 0 Å². The van der Waals surface area contributed by atoms with Crippen LogP contribution in [0.4, 0.5) is 0 Å². The normalized spacial score (nSPS) is 11.9. The van der Waals surface area contributed by atoms with E-state index < -0.39 is 20.1 Å². The van der Waals surface area contributed by atoms with Crippen LogP contribution >= 0.6 is 0 Å². The summed E-state index contributed by atoms with van der Waals surface area (Å²) >= 11 is -4.82. The summed E-state index contributed by atoms with van der Waals surface area (Å²) in [7, 11) is 0. The molecular formula is C9H9AsO5. The first kappa shape index (κ1) is 11.8. The first-order valence-electron chi connectivity index (χ1n) is 3.97. The van der Waals surface area contributed by atoms with E-state index in [9.17, 15) is 8.53 Å². The summed E-state index contributed by atoms with van der Waals surface area (Å²) in [6.07, 6.45) is 2.30. The predicted molar refractivity (Wildman–Crippen MR) is 53.6 cm³/mol. The Kier molecular flexibility index (Phi) is 3.52. The summed E-state index contributed by atoms with van der Waals surface area (Å²) in [5.41, 5.74) is 0.574. The van der Waals surface area contributed by atoms with Gasteiger partial charge in [-0.15, -0.1) is 0 Å². The van der Waals surface area contributed by atoms with Crippen molar-refractivity contribution in [2.45, 2.75) is 0 Å². The predicted octanol–water partition coefficient (Wildman–Crippen LogP) is -0.655. The summed E-state index contributed by atoms with van der Waals surface area (Å²) in [6.45, 7) is 0. The van der Waals surface area contributed by atoms with Crippen molar-refractivity contribution in [3.8, 4) is 0 Å². The quantitative estimate of drug-likeness (QED) is 0.502. The molecular weight excluding hydrogens is 263 g/mol. The van der Waals surface area contributed by atoms with Crippen LogP contribution in [0.15, 0.2) is 30.3 Å². The van der Waals surface area contributed by atoms with Crippen molar-refractivity contribution in [2.24, 2.45) is 0 Å². The fourth-order valence-electron chi connectivity index (χ4n) is 0.947. The summed E-state index contributed by atoms with van der Waals surface area (Å²) in [4.78, 5) is 10.2. The first-order valence-corrected chi connectivity index (χ1v) is 7.35. The molecule has 0 aliphatic heterocycles. The summed E-state index contributed by atoms with van der Waals surface area (Å²) in [6, 6.07) is 5.49. The second-order valence-electron chi connectivity index (χ2n) is 2.81. The molecule has 0 fully saturated rings. The van der Waals surface area contributed by atoms with Crippen LogP contribution in [0, 0.1) is 0 Å². The monoisotopic (exact) mass is 272 g/mol. The molecule has 0 spiro atoms. The van der Waals surface area contributed by atoms with E-state index in [4.69, 9.17) is 13.3 Å². The second kappa shape index (κ2) is 4.49. The molecule has 0 aliphatic carbocycles. The van der Waals surface area contributed by atoms with Crippen LogP contribution < -0.4 is 4.35 Å². The SMILES string of the molecule is O=C(O)C=Cc1ccc([As](=O)(O)O)cc1. The van der Waals surface area contributed by atoms with Crippen molar-refractivity contribution >= 4 is 30.6 Å². The Balaban J connectivity index is 2.91. The molecule has 80 valence electrons. The van der Waals surface area contributed by atoms with Crippen LogP contribution in [0.5, 0.6) is 0 Å². The molecule has 1 aromatic rings. The molecule has 0 amide bonds. The van der Waals surface area contributed by atoms with Crippen LogP contribution in [-0.4, -0.2) is 33.4 Å². The molecule has 0 aliphatic rings. The molecule has 5 nitrogen and oxygen atoms in total. The van der Waals surface area contributed by atoms with Crippen molar-refractivity contribution in [3.05, 3.63) is 35.9 Å². The molecule has 0 aromatic heterocycles. The minimum atomic E-state index is -4.82. The van der Waals surface area contributed by atoms with Gasteiger partial charge in [0.05, 0.1) is 0 Å². The topological polar surface area (TPSA) is 94.8 Å². The summed E-state index contributed by atoms with van der Waals surface area (Å²) < 4.78 is 28.5. The molecule has 1 rings (SSSR count). The van der Waals surface area contributed by atoms with Gasteiger partial charge in [-0.3, -0.25) is 0 Å². The molecule has 0 atom stereocenters. The van der Waals surface area contributed by atoms with Crippen LogP contribution in [0.3, 0.4) is 0 Å². The van der Waals surface area contributed by atoms with Gasteiger partial charge in [-0.1, -0.05) is 0 Å². The Morgan fingerprint density at radius 2 is 1.73 bits per heavy atom. The number of hydrogen-bond donors (Lipinski definition) is 3. The number of benzene rings is 1. The van der Waals surface area contributed by atoms with E-state index in [1.807, 2.05) is 0 Å². The Bertz CT molecular complexity index is 428. The Hall–Kier alpha value is -1.29. The van der Waals surface area contributed by atoms with Crippen LogP contribution in [0.25, 0.3) is 6.08 Å². The van der Waals surface area contributed by atoms with Crippen molar-refractivity contribution in [1.29, 1.82) is 0 Å². The molecule has 0 saturated heterocycles. The number of carbonyl (C=O) groups is 1. The zero-order valence-corrected chi connectivity index (χ0v) is 9.45. The first-order chi connectivity index (χ1) is 6.89. The van der Waals surface area contributed by atoms with E-state index in [-0.39, 0.29) is 4.35 Å². The van der Waals surface area contributed by atoms with Crippen molar-refractivity contribution < 1.29 is 21.8 Å². The number of carboxylic acid groups (broad SMARTS) is 1. The molecule has 0 unspecified atom stereocenters. The van der Waals surface area contributed by atoms with Gasteiger partial charge in [0, 0.05) is 0 Å². The molecule has 0 radical (unpaired) electrons. The summed E-state index contributed by atoms with van der Waals surface area (Å²) in [5.74, 6) is -1.07. The van der Waals surface area contributed by atoms with Crippen LogP contribution in [0.1, 0.15) is 5.56 Å². The van der Waals surface area contributed by atoms with Gasteiger partial charge in [0.25, 0.3) is 0 Å². The third-order valence-electron chi connectivity index (χ3n) is 1.65. The number of hydrogen-bond acceptors (Lipinski definition) is 2. The molecule has 3 N–H and O–H groups in total. The van der Waals surface area contributed by atoms with E-state index in [0.717, 1.165) is 6.08 Å². The zero-order chi connectivity index (χ0) is 11.5. The van der Waals surface area contributed by atoms with Gasteiger partial charge in [-0.2, -0.15) is 0 Å². The Morgan fingerprint density at radius 1 is 1.20 bits per heavy atom. The third-order valence-corrected chi connectivity index (χ3v) is 3.68. The van der Waals surface area contributed by atoms with Gasteiger partial charge >= 0.3 is 88.3 Å². The molecule has 0 saturated carbocycles. The maximum absolute atomic E-state index is 10.9. The fourth-order valence-corrected chi connectivity index (χ4v) is 2.07. The van der Waals surface area contributed by atoms with Crippen molar-refractivity contribution in [2.75, 3.05) is 0 Å². The zero-order valence-electron chi connectivity index (χ0n) is 7.57. The maximum atomic E-state index is 10.9. The number of rotatable bonds is 3. The van der Waals surface area contributed by atoms with Crippen molar-refractivity contribution in [1.82, 2.24) is 0 Å². The fraction of sp³-hybridized carbons (Fsp3) is 0. The van der Waals surface area contributed by atoms with Crippen LogP contribution in [-0.2, 0) is 8.53 Å². The molecule has 1 aromatic carbocycles. The average molecular weight is 272 g/mol. The van der Waals surface area contributed by atoms with Gasteiger partial charge in [0.1, 0.15) is 0 Å². The Morgan fingerprint density at radius 3 is 2.13 bits per heavy atom. The van der Waals surface area contributed by atoms with E-state index in [1.165, 1.54) is 30.3 Å². The van der Waals surface area contributed by atoms with Gasteiger partial charge in [-0.05, 0) is 0 Å². The van der Waals surface area contributed by atoms with E-state index in [2.05, 4.69) is 0 Å². The molecule has 0 heterocycles. The van der Waals surface area contributed by atoms with Gasteiger partial charge in [-0.25, -0.2) is 0 Å². The van der Waals surface area contributed by atoms with E-state index in [1.54, 1.807) is 0 Å². The number of aliphatic carboxylic acids is 1.